The van der Waals surface area contributed by atoms with Crippen LogP contribution >= 0.6 is 0 Å². The van der Waals surface area contributed by atoms with Gasteiger partial charge < -0.3 is 9.67 Å². The monoisotopic (exact) mass is 231 g/mol. The summed E-state index contributed by atoms with van der Waals surface area (Å²) in [6.07, 6.45) is 3.25. The zero-order valence-electron chi connectivity index (χ0n) is 10.9. The number of aliphatic hydroxyl groups is 1. The van der Waals surface area contributed by atoms with Gasteiger partial charge in [0.15, 0.2) is 0 Å². The molecule has 17 heavy (non-hydrogen) atoms. The first-order chi connectivity index (χ1) is 8.17. The van der Waals surface area contributed by atoms with Gasteiger partial charge >= 0.3 is 0 Å². The molecule has 0 spiro atoms. The second-order valence-corrected chi connectivity index (χ2v) is 4.86. The molecule has 0 saturated carbocycles. The standard InChI is InChI=1S/C15H21NO/c1-4-12-5-6-15-13(9-12)14(11(2)3)10-16(15)7-8-17/h5-6,9-11,17H,4,7-8H2,1-3H3. The lowest BCUT2D eigenvalue weighted by atomic mass is 10.0. The molecule has 1 aromatic heterocycles. The Morgan fingerprint density at radius 1 is 1.29 bits per heavy atom. The molecule has 0 radical (unpaired) electrons. The number of nitrogens with zero attached hydrogens (tertiary/aromatic N) is 1. The lowest BCUT2D eigenvalue weighted by Gasteiger charge is -2.04. The number of hydrogen-bond acceptors (Lipinski definition) is 1. The van der Waals surface area contributed by atoms with E-state index < -0.39 is 0 Å². The van der Waals surface area contributed by atoms with Gasteiger partial charge in [-0.15, -0.1) is 0 Å². The number of benzene rings is 1. The number of aliphatic hydroxyl groups excluding tert-OH is 1. The Morgan fingerprint density at radius 2 is 2.06 bits per heavy atom. The van der Waals surface area contributed by atoms with Crippen LogP contribution in [0.25, 0.3) is 10.9 Å². The summed E-state index contributed by atoms with van der Waals surface area (Å²) < 4.78 is 2.16. The summed E-state index contributed by atoms with van der Waals surface area (Å²) in [5.41, 5.74) is 3.99. The molecular weight excluding hydrogens is 210 g/mol. The highest BCUT2D eigenvalue weighted by molar-refractivity contribution is 5.85. The lowest BCUT2D eigenvalue weighted by Crippen LogP contribution is -1.99. The highest BCUT2D eigenvalue weighted by Crippen LogP contribution is 2.28. The predicted molar refractivity (Wildman–Crippen MR) is 72.5 cm³/mol. The van der Waals surface area contributed by atoms with Crippen LogP contribution in [0, 0.1) is 0 Å². The van der Waals surface area contributed by atoms with E-state index in [9.17, 15) is 0 Å². The maximum absolute atomic E-state index is 9.11. The van der Waals surface area contributed by atoms with E-state index in [1.165, 1.54) is 22.0 Å². The smallest absolute Gasteiger partial charge is 0.0610 e. The zero-order valence-corrected chi connectivity index (χ0v) is 10.9. The molecule has 2 rings (SSSR count). The fourth-order valence-corrected chi connectivity index (χ4v) is 2.34. The summed E-state index contributed by atoms with van der Waals surface area (Å²) in [7, 11) is 0. The molecule has 92 valence electrons. The summed E-state index contributed by atoms with van der Waals surface area (Å²) >= 11 is 0. The van der Waals surface area contributed by atoms with Crippen LogP contribution < -0.4 is 0 Å². The molecule has 0 amide bonds. The van der Waals surface area contributed by atoms with Gasteiger partial charge in [-0.1, -0.05) is 26.8 Å². The SMILES string of the molecule is CCc1ccc2c(c1)c(C(C)C)cn2CCO. The number of fused-ring (bicyclic) bond motifs is 1. The second-order valence-electron chi connectivity index (χ2n) is 4.86. The van der Waals surface area contributed by atoms with E-state index in [-0.39, 0.29) is 6.61 Å². The van der Waals surface area contributed by atoms with Crippen molar-refractivity contribution >= 4 is 10.9 Å². The maximum Gasteiger partial charge on any atom is 0.0610 e. The molecule has 2 aromatic rings. The Bertz CT molecular complexity index is 511. The van der Waals surface area contributed by atoms with Crippen LogP contribution in [0.1, 0.15) is 37.8 Å². The first-order valence-electron chi connectivity index (χ1n) is 6.40. The summed E-state index contributed by atoms with van der Waals surface area (Å²) in [5, 5.41) is 10.4. The highest BCUT2D eigenvalue weighted by Gasteiger charge is 2.11. The predicted octanol–water partition coefficient (Wildman–Crippen LogP) is 3.32. The van der Waals surface area contributed by atoms with Crippen molar-refractivity contribution in [2.75, 3.05) is 6.61 Å². The van der Waals surface area contributed by atoms with Crippen molar-refractivity contribution in [2.24, 2.45) is 0 Å². The third kappa shape index (κ3) is 2.22. The molecule has 2 heteroatoms. The Morgan fingerprint density at radius 3 is 2.65 bits per heavy atom. The van der Waals surface area contributed by atoms with Crippen molar-refractivity contribution in [1.29, 1.82) is 0 Å². The minimum atomic E-state index is 0.191. The second kappa shape index (κ2) is 4.92. The summed E-state index contributed by atoms with van der Waals surface area (Å²) in [6.45, 7) is 7.49. The van der Waals surface area contributed by atoms with Gasteiger partial charge in [-0.25, -0.2) is 0 Å². The van der Waals surface area contributed by atoms with Crippen molar-refractivity contribution in [3.63, 3.8) is 0 Å². The normalized spacial score (nSPS) is 11.6. The van der Waals surface area contributed by atoms with E-state index >= 15 is 0 Å². The maximum atomic E-state index is 9.11. The lowest BCUT2D eigenvalue weighted by molar-refractivity contribution is 0.278. The quantitative estimate of drug-likeness (QED) is 0.858. The zero-order chi connectivity index (χ0) is 12.4. The molecule has 0 unspecified atom stereocenters. The summed E-state index contributed by atoms with van der Waals surface area (Å²) in [5.74, 6) is 0.518. The van der Waals surface area contributed by atoms with E-state index in [0.717, 1.165) is 6.42 Å². The molecule has 0 atom stereocenters. The molecule has 0 bridgehead atoms. The van der Waals surface area contributed by atoms with Crippen LogP contribution in [0.5, 0.6) is 0 Å². The Labute approximate surface area is 103 Å². The van der Waals surface area contributed by atoms with E-state index in [1.54, 1.807) is 0 Å². The van der Waals surface area contributed by atoms with Crippen molar-refractivity contribution in [3.05, 3.63) is 35.5 Å². The fourth-order valence-electron chi connectivity index (χ4n) is 2.34. The van der Waals surface area contributed by atoms with Crippen molar-refractivity contribution in [1.82, 2.24) is 4.57 Å². The molecule has 0 aliphatic carbocycles. The van der Waals surface area contributed by atoms with Crippen molar-refractivity contribution < 1.29 is 5.11 Å². The van der Waals surface area contributed by atoms with Crippen LogP contribution in [0.4, 0.5) is 0 Å². The van der Waals surface area contributed by atoms with Crippen LogP contribution in [0.2, 0.25) is 0 Å². The molecule has 2 nitrogen and oxygen atoms in total. The van der Waals surface area contributed by atoms with Gasteiger partial charge in [0.1, 0.15) is 0 Å². The summed E-state index contributed by atoms with van der Waals surface area (Å²) in [4.78, 5) is 0. The van der Waals surface area contributed by atoms with E-state index in [4.69, 9.17) is 5.11 Å². The number of rotatable bonds is 4. The van der Waals surface area contributed by atoms with E-state index in [2.05, 4.69) is 49.7 Å². The Kier molecular flexibility index (Phi) is 3.53. The van der Waals surface area contributed by atoms with Gasteiger partial charge in [0.05, 0.1) is 6.61 Å². The van der Waals surface area contributed by atoms with Crippen LogP contribution in [0.3, 0.4) is 0 Å². The van der Waals surface area contributed by atoms with Crippen molar-refractivity contribution in [3.8, 4) is 0 Å². The average Bonchev–Trinajstić information content (AvgIpc) is 2.68. The minimum absolute atomic E-state index is 0.191. The fraction of sp³-hybridized carbons (Fsp3) is 0.467. The molecular formula is C15H21NO. The number of hydrogen-bond donors (Lipinski definition) is 1. The molecule has 1 heterocycles. The van der Waals surface area contributed by atoms with E-state index in [1.807, 2.05) is 0 Å². The highest BCUT2D eigenvalue weighted by atomic mass is 16.3. The first-order valence-corrected chi connectivity index (χ1v) is 6.40. The number of aryl methyl sites for hydroxylation is 1. The van der Waals surface area contributed by atoms with Crippen LogP contribution in [-0.2, 0) is 13.0 Å². The van der Waals surface area contributed by atoms with Gasteiger partial charge in [0, 0.05) is 23.6 Å². The molecule has 1 N–H and O–H groups in total. The molecule has 0 fully saturated rings. The van der Waals surface area contributed by atoms with Crippen LogP contribution in [0.15, 0.2) is 24.4 Å². The topological polar surface area (TPSA) is 25.2 Å². The summed E-state index contributed by atoms with van der Waals surface area (Å²) in [6, 6.07) is 6.65. The molecule has 1 aromatic carbocycles. The van der Waals surface area contributed by atoms with Crippen LogP contribution in [-0.4, -0.2) is 16.3 Å². The third-order valence-corrected chi connectivity index (χ3v) is 3.35. The van der Waals surface area contributed by atoms with Gasteiger partial charge in [0.25, 0.3) is 0 Å². The average molecular weight is 231 g/mol. The molecule has 0 aliphatic rings. The largest absolute Gasteiger partial charge is 0.395 e. The van der Waals surface area contributed by atoms with Crippen molar-refractivity contribution in [2.45, 2.75) is 39.7 Å². The Balaban J connectivity index is 2.63. The van der Waals surface area contributed by atoms with Gasteiger partial charge in [-0.3, -0.25) is 0 Å². The van der Waals surface area contributed by atoms with Gasteiger partial charge in [-0.05, 0) is 35.6 Å². The van der Waals surface area contributed by atoms with E-state index in [0.29, 0.717) is 12.5 Å². The third-order valence-electron chi connectivity index (χ3n) is 3.35. The van der Waals surface area contributed by atoms with Gasteiger partial charge in [0.2, 0.25) is 0 Å². The number of aromatic nitrogens is 1. The molecule has 0 aliphatic heterocycles. The minimum Gasteiger partial charge on any atom is -0.395 e. The first kappa shape index (κ1) is 12.2. The molecule has 0 saturated heterocycles. The Hall–Kier alpha value is -1.28. The van der Waals surface area contributed by atoms with Gasteiger partial charge in [-0.2, -0.15) is 0 Å².